The average Bonchev–Trinajstić information content (AvgIpc) is 3.37. The minimum Gasteiger partial charge on any atom is -0.491 e. The van der Waals surface area contributed by atoms with Gasteiger partial charge in [-0.15, -0.1) is 0 Å². The van der Waals surface area contributed by atoms with Crippen molar-refractivity contribution in [2.75, 3.05) is 64.7 Å². The molecule has 6 amide bonds. The standard InChI is InChI=1S/C58H59N7O12/c1-35(2)47(53(68)73-3)61-57(72)64-42-22-20-36(13-12-24-60-56(59)71)31-41(42)58(55(64)70)46(52(67)63-27-25-62(26-28-63)33-37-21-23-44-45(32-37)76-34-75-44)49-54(69)77-50(39-16-8-5-9-17-39)48(38-14-6-4-7-15-38)65(49)51(58)40-18-10-11-19-43(40)74-30-29-66/h4-11,14-23,31-32,35,46-51,66H,24-30,33-34H2,1-3H3,(H,61,72)(H3,59,60,71)/t46-,47-,48-,49-,50+,51+,58-/m0/s1. The number of aliphatic hydroxyl groups excluding tert-OH is 1. The molecular weight excluding hydrogens is 987 g/mol. The van der Waals surface area contributed by atoms with Crippen LogP contribution in [0.5, 0.6) is 17.2 Å². The molecule has 5 aliphatic rings. The molecule has 5 aromatic rings. The quantitative estimate of drug-likeness (QED) is 0.0924. The number of para-hydroxylation sites is 1. The van der Waals surface area contributed by atoms with Crippen LogP contribution in [-0.4, -0.2) is 128 Å². The van der Waals surface area contributed by atoms with Crippen LogP contribution in [0.3, 0.4) is 0 Å². The molecule has 19 nitrogen and oxygen atoms in total. The molecule has 1 spiro atoms. The first-order valence-corrected chi connectivity index (χ1v) is 25.5. The fourth-order valence-corrected chi connectivity index (χ4v) is 11.6. The van der Waals surface area contributed by atoms with Gasteiger partial charge in [-0.1, -0.05) is 111 Å². The summed E-state index contributed by atoms with van der Waals surface area (Å²) in [7, 11) is 1.20. The van der Waals surface area contributed by atoms with Gasteiger partial charge in [0.05, 0.1) is 44.0 Å². The molecule has 0 aromatic heterocycles. The molecule has 3 saturated heterocycles. The van der Waals surface area contributed by atoms with Crippen molar-refractivity contribution in [2.24, 2.45) is 17.6 Å². The zero-order valence-corrected chi connectivity index (χ0v) is 42.8. The third kappa shape index (κ3) is 9.64. The van der Waals surface area contributed by atoms with E-state index in [4.69, 9.17) is 29.4 Å². The number of amides is 6. The second kappa shape index (κ2) is 22.0. The van der Waals surface area contributed by atoms with E-state index in [1.807, 2.05) is 83.8 Å². The first-order valence-electron chi connectivity index (χ1n) is 25.5. The summed E-state index contributed by atoms with van der Waals surface area (Å²) in [6.45, 7) is 4.71. The van der Waals surface area contributed by atoms with Gasteiger partial charge in [-0.2, -0.15) is 0 Å². The summed E-state index contributed by atoms with van der Waals surface area (Å²) >= 11 is 0. The molecule has 0 aliphatic carbocycles. The number of cyclic esters (lactones) is 1. The van der Waals surface area contributed by atoms with Crippen LogP contribution in [0.2, 0.25) is 0 Å². The molecule has 10 rings (SSSR count). The van der Waals surface area contributed by atoms with E-state index < -0.39 is 83.3 Å². The third-order valence-electron chi connectivity index (χ3n) is 15.0. The van der Waals surface area contributed by atoms with Gasteiger partial charge in [0.2, 0.25) is 18.6 Å². The molecule has 5 aliphatic heterocycles. The number of esters is 2. The fraction of sp³-hybridized carbons (Fsp3) is 0.345. The SMILES string of the molecule is COC(=O)[C@@H](NC(=O)N1C(=O)[C@@]2(c3cc(C#CCNC(N)=O)ccc31)[C@H](C(=O)N1CCN(Cc3ccc4c(c3)OCO4)CC1)[C@H]1C(=O)O[C@H](c3ccccc3)[C@H](c3ccccc3)N1[C@@H]2c1ccccc1OCCO)C(C)C. The van der Waals surface area contributed by atoms with E-state index in [1.165, 1.54) is 7.11 Å². The zero-order valence-electron chi connectivity index (χ0n) is 42.8. The van der Waals surface area contributed by atoms with Gasteiger partial charge in [0.15, 0.2) is 11.5 Å². The molecule has 5 heterocycles. The van der Waals surface area contributed by atoms with Crippen LogP contribution in [-0.2, 0) is 40.6 Å². The highest BCUT2D eigenvalue weighted by Gasteiger charge is 2.76. The number of piperazine rings is 1. The van der Waals surface area contributed by atoms with Crippen LogP contribution in [0, 0.1) is 23.7 Å². The number of carbonyl (C=O) groups excluding carboxylic acids is 6. The second-order valence-corrected chi connectivity index (χ2v) is 19.8. The van der Waals surface area contributed by atoms with Gasteiger partial charge in [0.1, 0.15) is 36.0 Å². The van der Waals surface area contributed by atoms with Gasteiger partial charge in [0, 0.05) is 43.9 Å². The van der Waals surface area contributed by atoms with E-state index in [2.05, 4.69) is 27.4 Å². The van der Waals surface area contributed by atoms with Crippen LogP contribution < -0.4 is 35.5 Å². The molecule has 3 fully saturated rings. The predicted molar refractivity (Wildman–Crippen MR) is 279 cm³/mol. The van der Waals surface area contributed by atoms with Crippen LogP contribution in [0.4, 0.5) is 15.3 Å². The van der Waals surface area contributed by atoms with Crippen molar-refractivity contribution in [3.8, 4) is 29.1 Å². The van der Waals surface area contributed by atoms with E-state index in [9.17, 15) is 14.7 Å². The Hall–Kier alpha value is -8.44. The molecule has 19 heteroatoms. The number of ether oxygens (including phenoxy) is 5. The third-order valence-corrected chi connectivity index (χ3v) is 15.0. The fourth-order valence-electron chi connectivity index (χ4n) is 11.6. The number of primary amides is 1. The summed E-state index contributed by atoms with van der Waals surface area (Å²) in [6.07, 6.45) is -1.00. The Bertz CT molecular complexity index is 3140. The molecule has 398 valence electrons. The summed E-state index contributed by atoms with van der Waals surface area (Å²) in [6, 6.07) is 29.4. The Morgan fingerprint density at radius 3 is 2.25 bits per heavy atom. The van der Waals surface area contributed by atoms with E-state index in [0.717, 1.165) is 10.5 Å². The van der Waals surface area contributed by atoms with E-state index >= 15 is 19.2 Å². The number of aliphatic hydroxyl groups is 1. The van der Waals surface area contributed by atoms with E-state index in [1.54, 1.807) is 61.2 Å². The Balaban J connectivity index is 1.21. The van der Waals surface area contributed by atoms with Crippen molar-refractivity contribution in [3.63, 3.8) is 0 Å². The lowest BCUT2D eigenvalue weighted by Gasteiger charge is -2.46. The highest BCUT2D eigenvalue weighted by molar-refractivity contribution is 6.25. The zero-order chi connectivity index (χ0) is 54.0. The minimum absolute atomic E-state index is 0.0647. The monoisotopic (exact) mass is 1050 g/mol. The number of nitrogens with two attached hydrogens (primary N) is 1. The summed E-state index contributed by atoms with van der Waals surface area (Å²) in [5.74, 6) is 2.46. The Morgan fingerprint density at radius 2 is 1.55 bits per heavy atom. The number of carbonyl (C=O) groups is 6. The van der Waals surface area contributed by atoms with E-state index in [-0.39, 0.29) is 56.6 Å². The number of fused-ring (bicyclic) bond motifs is 4. The first-order chi connectivity index (χ1) is 37.3. The summed E-state index contributed by atoms with van der Waals surface area (Å²) in [4.78, 5) is 96.2. The number of imide groups is 1. The molecular formula is C58H59N7O12. The topological polar surface area (TPSA) is 232 Å². The number of urea groups is 2. The normalized spacial score (nSPS) is 22.8. The maximum atomic E-state index is 16.9. The van der Waals surface area contributed by atoms with Crippen molar-refractivity contribution in [2.45, 2.75) is 56.1 Å². The van der Waals surface area contributed by atoms with Gasteiger partial charge in [-0.25, -0.2) is 19.3 Å². The van der Waals surface area contributed by atoms with Crippen LogP contribution in [0.15, 0.2) is 121 Å². The predicted octanol–water partition coefficient (Wildman–Crippen LogP) is 4.72. The number of morpholine rings is 1. The maximum absolute atomic E-state index is 16.9. The van der Waals surface area contributed by atoms with Crippen molar-refractivity contribution in [1.82, 2.24) is 25.3 Å². The molecule has 5 aromatic carbocycles. The number of rotatable bonds is 13. The van der Waals surface area contributed by atoms with Crippen molar-refractivity contribution in [1.29, 1.82) is 0 Å². The Labute approximate surface area is 445 Å². The lowest BCUT2D eigenvalue weighted by molar-refractivity contribution is -0.179. The van der Waals surface area contributed by atoms with Gasteiger partial charge in [-0.3, -0.25) is 24.2 Å². The second-order valence-electron chi connectivity index (χ2n) is 19.8. The lowest BCUT2D eigenvalue weighted by atomic mass is 9.64. The number of nitrogens with one attached hydrogen (secondary N) is 2. The van der Waals surface area contributed by atoms with Gasteiger partial charge >= 0.3 is 24.0 Å². The van der Waals surface area contributed by atoms with Crippen LogP contribution in [0.25, 0.3) is 0 Å². The van der Waals surface area contributed by atoms with Crippen LogP contribution >= 0.6 is 0 Å². The molecule has 0 bridgehead atoms. The minimum atomic E-state index is -2.20. The number of hydrogen-bond donors (Lipinski definition) is 4. The van der Waals surface area contributed by atoms with Gasteiger partial charge in [-0.05, 0) is 64.6 Å². The summed E-state index contributed by atoms with van der Waals surface area (Å²) in [5.41, 5.74) is 6.44. The first kappa shape index (κ1) is 52.0. The molecule has 77 heavy (non-hydrogen) atoms. The molecule has 0 unspecified atom stereocenters. The maximum Gasteiger partial charge on any atom is 0.329 e. The van der Waals surface area contributed by atoms with Gasteiger partial charge < -0.3 is 50.1 Å². The average molecular weight is 1050 g/mol. The smallest absolute Gasteiger partial charge is 0.329 e. The molecule has 7 atom stereocenters. The number of anilines is 1. The van der Waals surface area contributed by atoms with Crippen molar-refractivity contribution in [3.05, 3.63) is 155 Å². The van der Waals surface area contributed by atoms with Gasteiger partial charge in [0.25, 0.3) is 0 Å². The van der Waals surface area contributed by atoms with Crippen LogP contribution in [0.1, 0.15) is 65.4 Å². The highest BCUT2D eigenvalue weighted by Crippen LogP contribution is 2.67. The number of methoxy groups -OCH3 is 1. The highest BCUT2D eigenvalue weighted by atomic mass is 16.7. The van der Waals surface area contributed by atoms with E-state index in [0.29, 0.717) is 53.4 Å². The number of benzene rings is 5. The summed E-state index contributed by atoms with van der Waals surface area (Å²) in [5, 5.41) is 15.4. The summed E-state index contributed by atoms with van der Waals surface area (Å²) < 4.78 is 29.3. The molecule has 0 saturated carbocycles. The molecule has 0 radical (unpaired) electrons. The Morgan fingerprint density at radius 1 is 0.844 bits per heavy atom. The van der Waals surface area contributed by atoms with Crippen molar-refractivity contribution < 1.29 is 57.6 Å². The number of nitrogens with zero attached hydrogens (tertiary/aromatic N) is 4. The largest absolute Gasteiger partial charge is 0.491 e. The Kier molecular flexibility index (Phi) is 14.9. The van der Waals surface area contributed by atoms with Crippen molar-refractivity contribution >= 4 is 41.5 Å². The number of hydrogen-bond acceptors (Lipinski definition) is 14. The lowest BCUT2D eigenvalue weighted by Crippen LogP contribution is -2.59. The molecule has 5 N–H and O–H groups in total.